The van der Waals surface area contributed by atoms with Crippen LogP contribution in [-0.2, 0) is 9.47 Å². The lowest BCUT2D eigenvalue weighted by atomic mass is 10.2. The maximum Gasteiger partial charge on any atom is 0.296 e. The van der Waals surface area contributed by atoms with Crippen molar-refractivity contribution in [2.24, 2.45) is 0 Å². The fourth-order valence-electron chi connectivity index (χ4n) is 2.66. The van der Waals surface area contributed by atoms with E-state index in [4.69, 9.17) is 9.47 Å². The monoisotopic (exact) mass is 301 g/mol. The Hall–Kier alpha value is -1.54. The van der Waals surface area contributed by atoms with Crippen LogP contribution in [0.5, 0.6) is 0 Å². The number of nitrogens with zero attached hydrogens (tertiary/aromatic N) is 3. The van der Waals surface area contributed by atoms with E-state index >= 15 is 0 Å². The third-order valence-electron chi connectivity index (χ3n) is 3.75. The average molecular weight is 301 g/mol. The van der Waals surface area contributed by atoms with E-state index in [1.54, 1.807) is 0 Å². The van der Waals surface area contributed by atoms with Gasteiger partial charge < -0.3 is 14.4 Å². The Morgan fingerprint density at radius 2 is 1.90 bits per heavy atom. The maximum atomic E-state index is 14.0. The molecule has 3 rings (SSSR count). The van der Waals surface area contributed by atoms with Crippen molar-refractivity contribution in [2.75, 3.05) is 37.8 Å². The van der Waals surface area contributed by atoms with Crippen molar-refractivity contribution in [1.29, 1.82) is 0 Å². The van der Waals surface area contributed by atoms with Crippen molar-refractivity contribution in [3.63, 3.8) is 0 Å². The number of anilines is 1. The molecule has 0 spiro atoms. The van der Waals surface area contributed by atoms with Gasteiger partial charge in [0.05, 0.1) is 13.2 Å². The van der Waals surface area contributed by atoms with E-state index in [-0.39, 0.29) is 5.69 Å². The molecule has 0 bridgehead atoms. The molecule has 2 saturated heterocycles. The van der Waals surface area contributed by atoms with Gasteiger partial charge >= 0.3 is 0 Å². The topological polar surface area (TPSA) is 56.6 Å². The minimum Gasteiger partial charge on any atom is -0.378 e. The summed E-state index contributed by atoms with van der Waals surface area (Å²) in [5.41, 5.74) is -0.928. The van der Waals surface area contributed by atoms with Gasteiger partial charge in [-0.15, -0.1) is 5.10 Å². The highest BCUT2D eigenvalue weighted by Gasteiger charge is 2.28. The number of hydrogen-bond donors (Lipinski definition) is 0. The van der Waals surface area contributed by atoms with Crippen molar-refractivity contribution in [3.8, 4) is 0 Å². The van der Waals surface area contributed by atoms with Gasteiger partial charge in [0.1, 0.15) is 5.69 Å². The number of halogens is 2. The van der Waals surface area contributed by atoms with Crippen LogP contribution in [0, 0.1) is 11.8 Å². The van der Waals surface area contributed by atoms with E-state index in [9.17, 15) is 13.6 Å². The third kappa shape index (κ3) is 2.77. The zero-order valence-electron chi connectivity index (χ0n) is 11.6. The Labute approximate surface area is 120 Å². The lowest BCUT2D eigenvalue weighted by Gasteiger charge is -2.30. The van der Waals surface area contributed by atoms with Crippen LogP contribution < -0.4 is 10.5 Å². The number of rotatable bonds is 2. The van der Waals surface area contributed by atoms with Gasteiger partial charge in [-0.05, 0) is 19.3 Å². The van der Waals surface area contributed by atoms with Gasteiger partial charge in [-0.1, -0.05) is 0 Å². The molecule has 116 valence electrons. The smallest absolute Gasteiger partial charge is 0.296 e. The van der Waals surface area contributed by atoms with Crippen molar-refractivity contribution < 1.29 is 18.3 Å². The van der Waals surface area contributed by atoms with Gasteiger partial charge in [0, 0.05) is 19.7 Å². The quantitative estimate of drug-likeness (QED) is 0.817. The fraction of sp³-hybridized carbons (Fsp3) is 0.692. The van der Waals surface area contributed by atoms with Crippen LogP contribution >= 0.6 is 0 Å². The molecule has 3 heterocycles. The summed E-state index contributed by atoms with van der Waals surface area (Å²) in [5, 5.41) is 3.43. The first kappa shape index (κ1) is 14.4. The predicted molar refractivity (Wildman–Crippen MR) is 70.3 cm³/mol. The first-order chi connectivity index (χ1) is 10.2. The van der Waals surface area contributed by atoms with Crippen molar-refractivity contribution in [3.05, 3.63) is 22.1 Å². The number of morpholine rings is 1. The van der Waals surface area contributed by atoms with Crippen molar-refractivity contribution in [2.45, 2.75) is 25.5 Å². The molecule has 0 amide bonds. The third-order valence-corrected chi connectivity index (χ3v) is 3.75. The normalized spacial score (nSPS) is 23.3. The zero-order chi connectivity index (χ0) is 14.8. The lowest BCUT2D eigenvalue weighted by molar-refractivity contribution is -0.0440. The first-order valence-corrected chi connectivity index (χ1v) is 7.10. The highest BCUT2D eigenvalue weighted by Crippen LogP contribution is 2.23. The summed E-state index contributed by atoms with van der Waals surface area (Å²) >= 11 is 0. The maximum absolute atomic E-state index is 14.0. The average Bonchev–Trinajstić information content (AvgIpc) is 2.53. The van der Waals surface area contributed by atoms with Gasteiger partial charge in [-0.2, -0.15) is 13.5 Å². The van der Waals surface area contributed by atoms with Crippen LogP contribution in [-0.4, -0.2) is 42.7 Å². The van der Waals surface area contributed by atoms with Gasteiger partial charge in [0.2, 0.25) is 5.82 Å². The van der Waals surface area contributed by atoms with Crippen LogP contribution in [0.2, 0.25) is 0 Å². The van der Waals surface area contributed by atoms with Gasteiger partial charge in [-0.3, -0.25) is 4.79 Å². The van der Waals surface area contributed by atoms with E-state index in [2.05, 4.69) is 5.10 Å². The second kappa shape index (κ2) is 6.07. The molecule has 1 aromatic heterocycles. The molecule has 0 radical (unpaired) electrons. The van der Waals surface area contributed by atoms with Crippen LogP contribution in [0.3, 0.4) is 0 Å². The molecule has 1 atom stereocenters. The summed E-state index contributed by atoms with van der Waals surface area (Å²) in [5.74, 6) is -2.47. The lowest BCUT2D eigenvalue weighted by Crippen LogP contribution is -2.43. The van der Waals surface area contributed by atoms with Gasteiger partial charge in [-0.25, -0.2) is 0 Å². The second-order valence-corrected chi connectivity index (χ2v) is 5.12. The molecule has 2 fully saturated rings. The van der Waals surface area contributed by atoms with Crippen LogP contribution in [0.25, 0.3) is 0 Å². The van der Waals surface area contributed by atoms with E-state index in [0.717, 1.165) is 17.5 Å². The molecule has 0 N–H and O–H groups in total. The molecule has 21 heavy (non-hydrogen) atoms. The molecule has 6 nitrogen and oxygen atoms in total. The Morgan fingerprint density at radius 3 is 2.57 bits per heavy atom. The Bertz CT molecular complexity index is 567. The summed E-state index contributed by atoms with van der Waals surface area (Å²) in [6.45, 7) is 1.94. The minimum absolute atomic E-state index is 0.278. The number of ether oxygens (including phenoxy) is 2. The highest BCUT2D eigenvalue weighted by molar-refractivity contribution is 5.45. The molecule has 2 aliphatic rings. The summed E-state index contributed by atoms with van der Waals surface area (Å²) in [6, 6.07) is 0. The first-order valence-electron chi connectivity index (χ1n) is 7.10. The van der Waals surface area contributed by atoms with E-state index in [1.807, 2.05) is 0 Å². The Morgan fingerprint density at radius 1 is 1.14 bits per heavy atom. The standard InChI is InChI=1S/C13H17F2N3O3/c14-10-11(17-4-7-20-8-5-17)13(19)18(16-12(10)15)9-3-1-2-6-21-9/h9H,1-8H2. The number of aromatic nitrogens is 2. The largest absolute Gasteiger partial charge is 0.378 e. The van der Waals surface area contributed by atoms with Gasteiger partial charge in [0.25, 0.3) is 11.5 Å². The summed E-state index contributed by atoms with van der Waals surface area (Å²) < 4.78 is 39.3. The predicted octanol–water partition coefficient (Wildman–Crippen LogP) is 1.06. The highest BCUT2D eigenvalue weighted by atomic mass is 19.2. The molecule has 0 aromatic carbocycles. The summed E-state index contributed by atoms with van der Waals surface area (Å²) in [7, 11) is 0. The van der Waals surface area contributed by atoms with Crippen LogP contribution in [0.15, 0.2) is 4.79 Å². The van der Waals surface area contributed by atoms with E-state index in [0.29, 0.717) is 39.3 Å². The molecule has 1 unspecified atom stereocenters. The summed E-state index contributed by atoms with van der Waals surface area (Å²) in [4.78, 5) is 14.0. The number of hydrogen-bond acceptors (Lipinski definition) is 5. The van der Waals surface area contributed by atoms with E-state index < -0.39 is 23.6 Å². The minimum atomic E-state index is -1.27. The fourth-order valence-corrected chi connectivity index (χ4v) is 2.66. The van der Waals surface area contributed by atoms with Crippen molar-refractivity contribution >= 4 is 5.69 Å². The molecule has 2 aliphatic heterocycles. The Balaban J connectivity index is 2.01. The SMILES string of the molecule is O=c1c(N2CCOCC2)c(F)c(F)nn1C1CCCCO1. The van der Waals surface area contributed by atoms with E-state index in [1.165, 1.54) is 4.90 Å². The molecule has 0 saturated carbocycles. The van der Waals surface area contributed by atoms with Crippen molar-refractivity contribution in [1.82, 2.24) is 9.78 Å². The molecule has 1 aromatic rings. The summed E-state index contributed by atoms with van der Waals surface area (Å²) in [6.07, 6.45) is 1.71. The van der Waals surface area contributed by atoms with Crippen LogP contribution in [0.4, 0.5) is 14.5 Å². The van der Waals surface area contributed by atoms with Crippen LogP contribution in [0.1, 0.15) is 25.5 Å². The van der Waals surface area contributed by atoms with Gasteiger partial charge in [0.15, 0.2) is 6.23 Å². The molecular weight excluding hydrogens is 284 g/mol. The molecule has 8 heteroatoms. The molecular formula is C13H17F2N3O3. The molecule has 0 aliphatic carbocycles. The second-order valence-electron chi connectivity index (χ2n) is 5.12. The Kier molecular flexibility index (Phi) is 4.16. The zero-order valence-corrected chi connectivity index (χ0v) is 11.6.